The van der Waals surface area contributed by atoms with Crippen LogP contribution in [-0.2, 0) is 9.53 Å². The number of carbonyl (C=O) groups excluding carboxylic acids is 1. The zero-order chi connectivity index (χ0) is 13.7. The molecule has 0 saturated heterocycles. The molecule has 0 amide bonds. The van der Waals surface area contributed by atoms with Gasteiger partial charge in [0.15, 0.2) is 6.10 Å². The van der Waals surface area contributed by atoms with E-state index in [-0.39, 0.29) is 11.9 Å². The Bertz CT molecular complexity index is 396. The molecule has 0 fully saturated rings. The number of methoxy groups -OCH3 is 1. The van der Waals surface area contributed by atoms with E-state index in [1.165, 1.54) is 7.11 Å². The van der Waals surface area contributed by atoms with Crippen LogP contribution in [0, 0.1) is 5.92 Å². The van der Waals surface area contributed by atoms with E-state index in [9.17, 15) is 4.79 Å². The van der Waals surface area contributed by atoms with Crippen molar-refractivity contribution in [3.8, 4) is 5.75 Å². The molecule has 0 aliphatic rings. The van der Waals surface area contributed by atoms with E-state index in [0.717, 1.165) is 11.3 Å². The summed E-state index contributed by atoms with van der Waals surface area (Å²) in [5, 5.41) is 0. The minimum absolute atomic E-state index is 0.0673. The third kappa shape index (κ3) is 3.49. The van der Waals surface area contributed by atoms with E-state index in [0.29, 0.717) is 5.92 Å². The number of hydrogen-bond donors (Lipinski definition) is 0. The van der Waals surface area contributed by atoms with Crippen LogP contribution in [0.15, 0.2) is 24.3 Å². The molecule has 100 valence electrons. The van der Waals surface area contributed by atoms with E-state index in [1.54, 1.807) is 0 Å². The molecule has 3 nitrogen and oxygen atoms in total. The minimum atomic E-state index is -0.560. The van der Waals surface area contributed by atoms with E-state index in [1.807, 2.05) is 38.1 Å². The molecular formula is C15H22O3. The second-order valence-corrected chi connectivity index (χ2v) is 5.00. The summed E-state index contributed by atoms with van der Waals surface area (Å²) in [6.07, 6.45) is -0.560. The highest BCUT2D eigenvalue weighted by molar-refractivity contribution is 5.75. The predicted molar refractivity (Wildman–Crippen MR) is 71.8 cm³/mol. The van der Waals surface area contributed by atoms with Crippen molar-refractivity contribution in [1.29, 1.82) is 0 Å². The first-order valence-corrected chi connectivity index (χ1v) is 6.30. The molecule has 1 atom stereocenters. The first kappa shape index (κ1) is 14.6. The normalized spacial score (nSPS) is 12.6. The summed E-state index contributed by atoms with van der Waals surface area (Å²) >= 11 is 0. The lowest BCUT2D eigenvalue weighted by atomic mass is 10.0. The highest BCUT2D eigenvalue weighted by Crippen LogP contribution is 2.28. The molecule has 0 aliphatic carbocycles. The first-order valence-electron chi connectivity index (χ1n) is 6.30. The fourth-order valence-corrected chi connectivity index (χ4v) is 1.77. The Kier molecular flexibility index (Phi) is 5.20. The number of para-hydroxylation sites is 1. The van der Waals surface area contributed by atoms with Gasteiger partial charge >= 0.3 is 5.97 Å². The van der Waals surface area contributed by atoms with Crippen LogP contribution in [0.4, 0.5) is 0 Å². The standard InChI is InChI=1S/C15H22O3/c1-10(2)12-8-6-7-9-13(12)18-14(11(3)4)15(16)17-5/h6-11,14H,1-5H3/t14-/m0/s1. The van der Waals surface area contributed by atoms with Gasteiger partial charge in [-0.2, -0.15) is 0 Å². The molecular weight excluding hydrogens is 228 g/mol. The summed E-state index contributed by atoms with van der Waals surface area (Å²) in [6, 6.07) is 7.81. The summed E-state index contributed by atoms with van der Waals surface area (Å²) in [5.74, 6) is 0.851. The van der Waals surface area contributed by atoms with E-state index >= 15 is 0 Å². The Morgan fingerprint density at radius 2 is 1.72 bits per heavy atom. The van der Waals surface area contributed by atoms with E-state index in [4.69, 9.17) is 9.47 Å². The van der Waals surface area contributed by atoms with Crippen LogP contribution >= 0.6 is 0 Å². The van der Waals surface area contributed by atoms with Gasteiger partial charge < -0.3 is 9.47 Å². The Labute approximate surface area is 109 Å². The number of benzene rings is 1. The second kappa shape index (κ2) is 6.43. The van der Waals surface area contributed by atoms with Crippen molar-refractivity contribution in [3.63, 3.8) is 0 Å². The van der Waals surface area contributed by atoms with Crippen LogP contribution in [0.1, 0.15) is 39.2 Å². The van der Waals surface area contributed by atoms with Crippen molar-refractivity contribution < 1.29 is 14.3 Å². The van der Waals surface area contributed by atoms with Crippen molar-refractivity contribution in [3.05, 3.63) is 29.8 Å². The van der Waals surface area contributed by atoms with Gasteiger partial charge in [-0.25, -0.2) is 4.79 Å². The van der Waals surface area contributed by atoms with Crippen LogP contribution in [0.2, 0.25) is 0 Å². The van der Waals surface area contributed by atoms with Crippen molar-refractivity contribution in [2.45, 2.75) is 39.7 Å². The van der Waals surface area contributed by atoms with Gasteiger partial charge in [-0.1, -0.05) is 45.9 Å². The molecule has 0 radical (unpaired) electrons. The van der Waals surface area contributed by atoms with E-state index < -0.39 is 6.10 Å². The molecule has 18 heavy (non-hydrogen) atoms. The van der Waals surface area contributed by atoms with Gasteiger partial charge in [0.1, 0.15) is 5.75 Å². The van der Waals surface area contributed by atoms with Crippen LogP contribution in [0.25, 0.3) is 0 Å². The number of esters is 1. The lowest BCUT2D eigenvalue weighted by Crippen LogP contribution is -2.33. The Morgan fingerprint density at radius 3 is 2.22 bits per heavy atom. The molecule has 0 saturated carbocycles. The fourth-order valence-electron chi connectivity index (χ4n) is 1.77. The third-order valence-corrected chi connectivity index (χ3v) is 2.83. The minimum Gasteiger partial charge on any atom is -0.478 e. The molecule has 3 heteroatoms. The van der Waals surface area contributed by atoms with Gasteiger partial charge in [-0.3, -0.25) is 0 Å². The van der Waals surface area contributed by atoms with Crippen LogP contribution in [-0.4, -0.2) is 19.2 Å². The summed E-state index contributed by atoms with van der Waals surface area (Å²) in [4.78, 5) is 11.7. The van der Waals surface area contributed by atoms with Gasteiger partial charge in [-0.05, 0) is 17.5 Å². The molecule has 0 unspecified atom stereocenters. The van der Waals surface area contributed by atoms with Gasteiger partial charge in [0.2, 0.25) is 0 Å². The van der Waals surface area contributed by atoms with Crippen LogP contribution < -0.4 is 4.74 Å². The molecule has 1 aromatic rings. The SMILES string of the molecule is COC(=O)[C@@H](Oc1ccccc1C(C)C)C(C)C. The van der Waals surface area contributed by atoms with Crippen molar-refractivity contribution in [2.24, 2.45) is 5.92 Å². The summed E-state index contributed by atoms with van der Waals surface area (Å²) in [7, 11) is 1.38. The molecule has 1 rings (SSSR count). The smallest absolute Gasteiger partial charge is 0.347 e. The lowest BCUT2D eigenvalue weighted by Gasteiger charge is -2.22. The van der Waals surface area contributed by atoms with Crippen molar-refractivity contribution >= 4 is 5.97 Å². The molecule has 0 spiro atoms. The number of carbonyl (C=O) groups is 1. The van der Waals surface area contributed by atoms with Gasteiger partial charge in [-0.15, -0.1) is 0 Å². The Hall–Kier alpha value is -1.51. The maximum absolute atomic E-state index is 11.7. The van der Waals surface area contributed by atoms with Crippen LogP contribution in [0.5, 0.6) is 5.75 Å². The summed E-state index contributed by atoms with van der Waals surface area (Å²) < 4.78 is 10.6. The summed E-state index contributed by atoms with van der Waals surface area (Å²) in [5.41, 5.74) is 1.10. The maximum atomic E-state index is 11.7. The van der Waals surface area contributed by atoms with Crippen molar-refractivity contribution in [1.82, 2.24) is 0 Å². The average molecular weight is 250 g/mol. The second-order valence-electron chi connectivity index (χ2n) is 5.00. The Balaban J connectivity index is 2.97. The molecule has 0 aromatic heterocycles. The lowest BCUT2D eigenvalue weighted by molar-refractivity contribution is -0.150. The average Bonchev–Trinajstić information content (AvgIpc) is 2.34. The van der Waals surface area contributed by atoms with Gasteiger partial charge in [0.05, 0.1) is 7.11 Å². The zero-order valence-corrected chi connectivity index (χ0v) is 11.8. The molecule has 0 heterocycles. The topological polar surface area (TPSA) is 35.5 Å². The van der Waals surface area contributed by atoms with Crippen LogP contribution in [0.3, 0.4) is 0 Å². The molecule has 0 bridgehead atoms. The van der Waals surface area contributed by atoms with Gasteiger partial charge in [0, 0.05) is 5.92 Å². The first-order chi connectivity index (χ1) is 8.47. The quantitative estimate of drug-likeness (QED) is 0.751. The van der Waals surface area contributed by atoms with E-state index in [2.05, 4.69) is 13.8 Å². The molecule has 0 N–H and O–H groups in total. The largest absolute Gasteiger partial charge is 0.478 e. The summed E-state index contributed by atoms with van der Waals surface area (Å²) in [6.45, 7) is 8.09. The molecule has 1 aromatic carbocycles. The number of ether oxygens (including phenoxy) is 2. The maximum Gasteiger partial charge on any atom is 0.347 e. The monoisotopic (exact) mass is 250 g/mol. The molecule has 0 aliphatic heterocycles. The number of rotatable bonds is 5. The Morgan fingerprint density at radius 1 is 1.11 bits per heavy atom. The zero-order valence-electron chi connectivity index (χ0n) is 11.8. The van der Waals surface area contributed by atoms with Gasteiger partial charge in [0.25, 0.3) is 0 Å². The highest BCUT2D eigenvalue weighted by Gasteiger charge is 2.26. The third-order valence-electron chi connectivity index (χ3n) is 2.83. The predicted octanol–water partition coefficient (Wildman–Crippen LogP) is 3.39. The fraction of sp³-hybridized carbons (Fsp3) is 0.533. The highest BCUT2D eigenvalue weighted by atomic mass is 16.6. The van der Waals surface area contributed by atoms with Crippen molar-refractivity contribution in [2.75, 3.05) is 7.11 Å². The number of hydrogen-bond acceptors (Lipinski definition) is 3.